The summed E-state index contributed by atoms with van der Waals surface area (Å²) < 4.78 is 0.754. The Morgan fingerprint density at radius 1 is 1.12 bits per heavy atom. The quantitative estimate of drug-likeness (QED) is 0.196. The van der Waals surface area contributed by atoms with E-state index in [0.717, 1.165) is 9.84 Å². The monoisotopic (exact) mass is 350 g/mol. The van der Waals surface area contributed by atoms with Crippen molar-refractivity contribution in [2.75, 3.05) is 0 Å². The van der Waals surface area contributed by atoms with E-state index in [4.69, 9.17) is 0 Å². The van der Waals surface area contributed by atoms with E-state index < -0.39 is 0 Å². The van der Waals surface area contributed by atoms with Gasteiger partial charge in [-0.3, -0.25) is 0 Å². The van der Waals surface area contributed by atoms with E-state index in [1.165, 1.54) is 44.9 Å². The van der Waals surface area contributed by atoms with E-state index in [-0.39, 0.29) is 0 Å². The van der Waals surface area contributed by atoms with Crippen LogP contribution in [0.1, 0.15) is 72.6 Å². The average molecular weight is 350 g/mol. The van der Waals surface area contributed by atoms with Crippen LogP contribution in [0.3, 0.4) is 0 Å². The van der Waals surface area contributed by atoms with Crippen LogP contribution in [-0.2, 0) is 0 Å². The van der Waals surface area contributed by atoms with E-state index in [1.54, 1.807) is 0 Å². The summed E-state index contributed by atoms with van der Waals surface area (Å²) in [6.45, 7) is 13.3. The predicted molar refractivity (Wildman–Crippen MR) is 88.9 cm³/mol. The normalized spacial score (nSPS) is 15.6. The van der Waals surface area contributed by atoms with Gasteiger partial charge in [-0.25, -0.2) is 0 Å². The molecule has 0 aromatic rings. The largest absolute Gasteiger partial charge is 0.103 e. The molecule has 0 radical (unpaired) electrons. The highest BCUT2D eigenvalue weighted by molar-refractivity contribution is 14.1. The summed E-state index contributed by atoms with van der Waals surface area (Å²) in [4.78, 5) is 0. The molecule has 0 aromatic heterocycles. The lowest BCUT2D eigenvalue weighted by molar-refractivity contribution is 0.305. The molecule has 0 heterocycles. The molecule has 0 rings (SSSR count). The molecule has 0 aromatic carbocycles. The zero-order valence-electron chi connectivity index (χ0n) is 12.3. The Bertz CT molecular complexity index is 190. The number of allylic oxidation sites excluding steroid dienone is 1. The molecule has 0 amide bonds. The third kappa shape index (κ3) is 8.23. The third-order valence-electron chi connectivity index (χ3n) is 3.39. The standard InChI is InChI=1S/C16H31I/c1-6-8-9-10-11-13-14(12-7-2)15(17)16(3,4)5/h7,14-15H,2,6,8-13H2,1,3-5H3. The van der Waals surface area contributed by atoms with Gasteiger partial charge in [0.05, 0.1) is 0 Å². The van der Waals surface area contributed by atoms with Crippen molar-refractivity contribution in [1.82, 2.24) is 0 Å². The van der Waals surface area contributed by atoms with Crippen LogP contribution in [0.2, 0.25) is 0 Å². The van der Waals surface area contributed by atoms with Crippen molar-refractivity contribution >= 4 is 22.6 Å². The molecule has 0 aliphatic rings. The zero-order chi connectivity index (χ0) is 13.3. The molecular weight excluding hydrogens is 319 g/mol. The van der Waals surface area contributed by atoms with Crippen LogP contribution < -0.4 is 0 Å². The summed E-state index contributed by atoms with van der Waals surface area (Å²) in [5.74, 6) is 0.815. The summed E-state index contributed by atoms with van der Waals surface area (Å²) in [5.41, 5.74) is 0.414. The van der Waals surface area contributed by atoms with Crippen LogP contribution in [0, 0.1) is 11.3 Å². The molecule has 1 heteroatoms. The fourth-order valence-corrected chi connectivity index (χ4v) is 2.97. The number of hydrogen-bond acceptors (Lipinski definition) is 0. The van der Waals surface area contributed by atoms with Crippen LogP contribution in [0.5, 0.6) is 0 Å². The van der Waals surface area contributed by atoms with Crippen LogP contribution in [0.15, 0.2) is 12.7 Å². The molecule has 0 N–H and O–H groups in total. The average Bonchev–Trinajstić information content (AvgIpc) is 2.25. The smallest absolute Gasteiger partial charge is 0.0189 e. The summed E-state index contributed by atoms with van der Waals surface area (Å²) in [5, 5.41) is 0. The molecule has 0 saturated carbocycles. The number of unbranched alkanes of at least 4 members (excludes halogenated alkanes) is 4. The molecular formula is C16H31I. The van der Waals surface area contributed by atoms with Crippen LogP contribution >= 0.6 is 22.6 Å². The molecule has 17 heavy (non-hydrogen) atoms. The van der Waals surface area contributed by atoms with E-state index >= 15 is 0 Å². The summed E-state index contributed by atoms with van der Waals surface area (Å²) in [6.07, 6.45) is 11.6. The van der Waals surface area contributed by atoms with Gasteiger partial charge < -0.3 is 0 Å². The molecule has 0 aliphatic carbocycles. The Labute approximate surface area is 123 Å². The Kier molecular flexibility index (Phi) is 9.67. The van der Waals surface area contributed by atoms with Crippen molar-refractivity contribution < 1.29 is 0 Å². The Morgan fingerprint density at radius 3 is 2.18 bits per heavy atom. The van der Waals surface area contributed by atoms with Gasteiger partial charge in [-0.1, -0.05) is 88.5 Å². The summed E-state index contributed by atoms with van der Waals surface area (Å²) in [7, 11) is 0. The van der Waals surface area contributed by atoms with E-state index in [0.29, 0.717) is 5.41 Å². The number of alkyl halides is 1. The Morgan fingerprint density at radius 2 is 1.71 bits per heavy atom. The van der Waals surface area contributed by atoms with Crippen molar-refractivity contribution in [2.24, 2.45) is 11.3 Å². The van der Waals surface area contributed by atoms with Crippen molar-refractivity contribution in [1.29, 1.82) is 0 Å². The number of hydrogen-bond donors (Lipinski definition) is 0. The van der Waals surface area contributed by atoms with E-state index in [9.17, 15) is 0 Å². The van der Waals surface area contributed by atoms with E-state index in [2.05, 4.69) is 62.9 Å². The number of rotatable bonds is 9. The highest BCUT2D eigenvalue weighted by Gasteiger charge is 2.28. The highest BCUT2D eigenvalue weighted by atomic mass is 127. The van der Waals surface area contributed by atoms with Crippen LogP contribution in [0.25, 0.3) is 0 Å². The summed E-state index contributed by atoms with van der Waals surface area (Å²) >= 11 is 2.65. The van der Waals surface area contributed by atoms with Gasteiger partial charge in [0, 0.05) is 3.92 Å². The second-order valence-electron chi connectivity index (χ2n) is 6.26. The molecule has 0 nitrogen and oxygen atoms in total. The molecule has 2 atom stereocenters. The van der Waals surface area contributed by atoms with Crippen LogP contribution in [-0.4, -0.2) is 3.92 Å². The molecule has 0 fully saturated rings. The first-order valence-electron chi connectivity index (χ1n) is 7.18. The molecule has 0 saturated heterocycles. The molecule has 0 spiro atoms. The first kappa shape index (κ1) is 17.5. The van der Waals surface area contributed by atoms with Gasteiger partial charge in [-0.2, -0.15) is 0 Å². The molecule has 102 valence electrons. The minimum Gasteiger partial charge on any atom is -0.103 e. The van der Waals surface area contributed by atoms with Crippen molar-refractivity contribution in [3.63, 3.8) is 0 Å². The second-order valence-corrected chi connectivity index (χ2v) is 7.60. The fraction of sp³-hybridized carbons (Fsp3) is 0.875. The molecule has 0 bridgehead atoms. The van der Waals surface area contributed by atoms with Crippen molar-refractivity contribution in [3.8, 4) is 0 Å². The lowest BCUT2D eigenvalue weighted by atomic mass is 9.81. The maximum Gasteiger partial charge on any atom is 0.0189 e. The lowest BCUT2D eigenvalue weighted by Gasteiger charge is -2.32. The van der Waals surface area contributed by atoms with E-state index in [1.807, 2.05) is 0 Å². The Hall–Kier alpha value is 0.470. The van der Waals surface area contributed by atoms with Gasteiger partial charge in [0.15, 0.2) is 0 Å². The third-order valence-corrected chi connectivity index (χ3v) is 6.27. The minimum absolute atomic E-state index is 0.414. The molecule has 0 aliphatic heterocycles. The maximum absolute atomic E-state index is 3.92. The first-order chi connectivity index (χ1) is 7.93. The van der Waals surface area contributed by atoms with Gasteiger partial charge in [0.25, 0.3) is 0 Å². The maximum atomic E-state index is 3.92. The van der Waals surface area contributed by atoms with Gasteiger partial charge in [0.2, 0.25) is 0 Å². The lowest BCUT2D eigenvalue weighted by Crippen LogP contribution is -2.28. The minimum atomic E-state index is 0.414. The van der Waals surface area contributed by atoms with Gasteiger partial charge in [-0.05, 0) is 24.2 Å². The van der Waals surface area contributed by atoms with Crippen molar-refractivity contribution in [2.45, 2.75) is 76.6 Å². The predicted octanol–water partition coefficient (Wildman–Crippen LogP) is 6.39. The van der Waals surface area contributed by atoms with Crippen LogP contribution in [0.4, 0.5) is 0 Å². The van der Waals surface area contributed by atoms with Gasteiger partial charge in [-0.15, -0.1) is 6.58 Å². The first-order valence-corrected chi connectivity index (χ1v) is 8.43. The van der Waals surface area contributed by atoms with Gasteiger partial charge in [0.1, 0.15) is 0 Å². The molecule has 2 unspecified atom stereocenters. The fourth-order valence-electron chi connectivity index (χ4n) is 2.31. The SMILES string of the molecule is C=CCC(CCCCCCC)C(I)C(C)(C)C. The van der Waals surface area contributed by atoms with Crippen molar-refractivity contribution in [3.05, 3.63) is 12.7 Å². The number of halogens is 1. The Balaban J connectivity index is 4.02. The highest BCUT2D eigenvalue weighted by Crippen LogP contribution is 2.36. The zero-order valence-corrected chi connectivity index (χ0v) is 14.4. The second kappa shape index (κ2) is 9.41. The topological polar surface area (TPSA) is 0 Å². The summed E-state index contributed by atoms with van der Waals surface area (Å²) in [6, 6.07) is 0. The van der Waals surface area contributed by atoms with Gasteiger partial charge >= 0.3 is 0 Å².